The first kappa shape index (κ1) is 20.0. The molecule has 0 saturated carbocycles. The second-order valence-electron chi connectivity index (χ2n) is 6.59. The molecule has 2 aromatic carbocycles. The van der Waals surface area contributed by atoms with Crippen LogP contribution in [0.1, 0.15) is 21.6 Å². The highest BCUT2D eigenvalue weighted by Crippen LogP contribution is 2.26. The number of hydrogen-bond donors (Lipinski definition) is 2. The lowest BCUT2D eigenvalue weighted by atomic mass is 10.1. The Morgan fingerprint density at radius 1 is 1.19 bits per heavy atom. The zero-order valence-corrected chi connectivity index (χ0v) is 16.9. The minimum absolute atomic E-state index is 0.0158. The lowest BCUT2D eigenvalue weighted by Crippen LogP contribution is -2.25. The molecule has 152 valence electrons. The third kappa shape index (κ3) is 3.80. The summed E-state index contributed by atoms with van der Waals surface area (Å²) in [6.07, 6.45) is 1.49. The van der Waals surface area contributed by atoms with Gasteiger partial charge in [0.1, 0.15) is 0 Å². The molecule has 0 fully saturated rings. The maximum atomic E-state index is 12.7. The smallest absolute Gasteiger partial charge is 0.354 e. The molecule has 4 aromatic rings. The number of nitrogens with two attached hydrogens (primary N) is 1. The summed E-state index contributed by atoms with van der Waals surface area (Å²) in [6.45, 7) is 1.71. The van der Waals surface area contributed by atoms with E-state index in [-0.39, 0.29) is 17.5 Å². The number of amides is 1. The molecule has 0 spiro atoms. The number of nitrogens with zero attached hydrogens (tertiary/aromatic N) is 5. The number of aryl methyl sites for hydroxylation is 1. The van der Waals surface area contributed by atoms with E-state index in [4.69, 9.17) is 22.6 Å². The molecule has 0 aliphatic heterocycles. The molecular formula is C21H14ClN7O2. The molecule has 2 heterocycles. The molecular weight excluding hydrogens is 418 g/mol. The fourth-order valence-electron chi connectivity index (χ4n) is 3.08. The molecule has 1 amide bonds. The molecule has 0 atom stereocenters. The van der Waals surface area contributed by atoms with E-state index in [0.717, 1.165) is 0 Å². The monoisotopic (exact) mass is 431 g/mol. The standard InChI is InChI=1S/C21H14ClN7O2/c1-11-15-10-25-20(24)27-18(15)28-21(31)29(11)17-8-14(6-7-16(17)22)26-19(30)13-4-2-12(9-23)3-5-13/h2-8,10H,1H3,(H,26,30)(H2,24,27,28,31). The number of halogens is 1. The van der Waals surface area contributed by atoms with Crippen LogP contribution in [0.3, 0.4) is 0 Å². The second-order valence-corrected chi connectivity index (χ2v) is 7.00. The van der Waals surface area contributed by atoms with E-state index in [1.54, 1.807) is 49.4 Å². The van der Waals surface area contributed by atoms with Gasteiger partial charge in [0.15, 0.2) is 5.65 Å². The number of nitriles is 1. The van der Waals surface area contributed by atoms with Crippen molar-refractivity contribution in [2.75, 3.05) is 11.1 Å². The van der Waals surface area contributed by atoms with E-state index in [9.17, 15) is 9.59 Å². The van der Waals surface area contributed by atoms with E-state index < -0.39 is 5.69 Å². The topological polar surface area (TPSA) is 140 Å². The summed E-state index contributed by atoms with van der Waals surface area (Å²) in [5.41, 5.74) is 7.29. The van der Waals surface area contributed by atoms with Crippen molar-refractivity contribution in [2.45, 2.75) is 6.92 Å². The van der Waals surface area contributed by atoms with Gasteiger partial charge in [-0.3, -0.25) is 9.36 Å². The van der Waals surface area contributed by atoms with Gasteiger partial charge in [-0.25, -0.2) is 9.78 Å². The van der Waals surface area contributed by atoms with Gasteiger partial charge in [-0.15, -0.1) is 0 Å². The normalized spacial score (nSPS) is 10.6. The zero-order chi connectivity index (χ0) is 22.1. The zero-order valence-electron chi connectivity index (χ0n) is 16.1. The molecule has 0 unspecified atom stereocenters. The van der Waals surface area contributed by atoms with E-state index in [2.05, 4.69) is 20.3 Å². The van der Waals surface area contributed by atoms with E-state index in [1.807, 2.05) is 6.07 Å². The Balaban J connectivity index is 1.75. The van der Waals surface area contributed by atoms with Gasteiger partial charge in [-0.05, 0) is 49.4 Å². The summed E-state index contributed by atoms with van der Waals surface area (Å²) in [5, 5.41) is 12.5. The third-order valence-corrected chi connectivity index (χ3v) is 4.95. The number of nitrogens with one attached hydrogen (secondary N) is 1. The van der Waals surface area contributed by atoms with Crippen LogP contribution in [0.5, 0.6) is 0 Å². The maximum Gasteiger partial charge on any atom is 0.354 e. The molecule has 10 heteroatoms. The van der Waals surface area contributed by atoms with Crippen LogP contribution in [0.4, 0.5) is 11.6 Å². The lowest BCUT2D eigenvalue weighted by molar-refractivity contribution is 0.102. The van der Waals surface area contributed by atoms with E-state index in [0.29, 0.717) is 38.6 Å². The van der Waals surface area contributed by atoms with Gasteiger partial charge < -0.3 is 11.1 Å². The highest BCUT2D eigenvalue weighted by atomic mass is 35.5. The van der Waals surface area contributed by atoms with Crippen molar-refractivity contribution in [1.29, 1.82) is 5.26 Å². The average molecular weight is 432 g/mol. The Morgan fingerprint density at radius 3 is 2.65 bits per heavy atom. The van der Waals surface area contributed by atoms with Crippen LogP contribution in [0.25, 0.3) is 16.7 Å². The SMILES string of the molecule is Cc1c2cnc(N)nc2nc(=O)n1-c1cc(NC(=O)c2ccc(C#N)cc2)ccc1Cl. The minimum Gasteiger partial charge on any atom is -0.368 e. The Kier molecular flexibility index (Phi) is 5.07. The van der Waals surface area contributed by atoms with Crippen molar-refractivity contribution < 1.29 is 4.79 Å². The quantitative estimate of drug-likeness (QED) is 0.508. The Hall–Kier alpha value is -4.29. The predicted molar refractivity (Wildman–Crippen MR) is 116 cm³/mol. The average Bonchev–Trinajstić information content (AvgIpc) is 2.75. The van der Waals surface area contributed by atoms with Crippen LogP contribution in [-0.4, -0.2) is 25.4 Å². The van der Waals surface area contributed by atoms with Crippen LogP contribution in [0, 0.1) is 18.3 Å². The van der Waals surface area contributed by atoms with Gasteiger partial charge >= 0.3 is 5.69 Å². The van der Waals surface area contributed by atoms with E-state index >= 15 is 0 Å². The Morgan fingerprint density at radius 2 is 1.94 bits per heavy atom. The molecule has 0 saturated heterocycles. The van der Waals surface area contributed by atoms with Crippen LogP contribution in [-0.2, 0) is 0 Å². The molecule has 0 bridgehead atoms. The molecule has 31 heavy (non-hydrogen) atoms. The van der Waals surface area contributed by atoms with Gasteiger partial charge in [-0.1, -0.05) is 11.6 Å². The molecule has 4 rings (SSSR count). The van der Waals surface area contributed by atoms with Gasteiger partial charge in [-0.2, -0.15) is 15.2 Å². The van der Waals surface area contributed by atoms with Gasteiger partial charge in [0.25, 0.3) is 5.91 Å². The number of benzene rings is 2. The number of carbonyl (C=O) groups is 1. The lowest BCUT2D eigenvalue weighted by Gasteiger charge is -2.14. The molecule has 0 aliphatic rings. The number of hydrogen-bond acceptors (Lipinski definition) is 7. The van der Waals surface area contributed by atoms with Gasteiger partial charge in [0.05, 0.1) is 27.7 Å². The fourth-order valence-corrected chi connectivity index (χ4v) is 3.28. The summed E-state index contributed by atoms with van der Waals surface area (Å²) in [7, 11) is 0. The largest absolute Gasteiger partial charge is 0.368 e. The summed E-state index contributed by atoms with van der Waals surface area (Å²) in [5.74, 6) is -0.357. The first-order valence-electron chi connectivity index (χ1n) is 9.00. The summed E-state index contributed by atoms with van der Waals surface area (Å²) < 4.78 is 1.32. The molecule has 3 N–H and O–H groups in total. The highest BCUT2D eigenvalue weighted by molar-refractivity contribution is 6.32. The van der Waals surface area contributed by atoms with Crippen molar-refractivity contribution >= 4 is 40.2 Å². The molecule has 2 aromatic heterocycles. The summed E-state index contributed by atoms with van der Waals surface area (Å²) >= 11 is 6.36. The van der Waals surface area contributed by atoms with Crippen LogP contribution < -0.4 is 16.7 Å². The van der Waals surface area contributed by atoms with E-state index in [1.165, 1.54) is 10.8 Å². The Bertz CT molecular complexity index is 1440. The van der Waals surface area contributed by atoms with Crippen molar-refractivity contribution in [3.05, 3.63) is 81.0 Å². The molecule has 0 aliphatic carbocycles. The number of aromatic nitrogens is 4. The highest BCUT2D eigenvalue weighted by Gasteiger charge is 2.15. The number of anilines is 2. The second kappa shape index (κ2) is 7.85. The van der Waals surface area contributed by atoms with Crippen molar-refractivity contribution in [2.24, 2.45) is 0 Å². The van der Waals surface area contributed by atoms with Gasteiger partial charge in [0, 0.05) is 23.1 Å². The Labute approximate surface area is 180 Å². The number of fused-ring (bicyclic) bond motifs is 1. The maximum absolute atomic E-state index is 12.7. The predicted octanol–water partition coefficient (Wildman–Crippen LogP) is 2.84. The van der Waals surface area contributed by atoms with Crippen molar-refractivity contribution in [1.82, 2.24) is 19.5 Å². The fraction of sp³-hybridized carbons (Fsp3) is 0.0476. The van der Waals surface area contributed by atoms with Crippen molar-refractivity contribution in [3.63, 3.8) is 0 Å². The first-order chi connectivity index (χ1) is 14.9. The number of rotatable bonds is 3. The molecule has 0 radical (unpaired) electrons. The van der Waals surface area contributed by atoms with Crippen LogP contribution in [0.15, 0.2) is 53.5 Å². The summed E-state index contributed by atoms with van der Waals surface area (Å²) in [4.78, 5) is 37.2. The third-order valence-electron chi connectivity index (χ3n) is 4.63. The minimum atomic E-state index is -0.597. The van der Waals surface area contributed by atoms with Gasteiger partial charge in [0.2, 0.25) is 5.95 Å². The van der Waals surface area contributed by atoms with Crippen molar-refractivity contribution in [3.8, 4) is 11.8 Å². The van der Waals surface area contributed by atoms with Crippen LogP contribution >= 0.6 is 11.6 Å². The summed E-state index contributed by atoms with van der Waals surface area (Å²) in [6, 6.07) is 13.0. The van der Waals surface area contributed by atoms with Crippen LogP contribution in [0.2, 0.25) is 5.02 Å². The molecule has 9 nitrogen and oxygen atoms in total. The number of carbonyl (C=O) groups excluding carboxylic acids is 1. The first-order valence-corrected chi connectivity index (χ1v) is 9.38. The number of nitrogen functional groups attached to an aromatic ring is 1.